The molecule has 1 amide bonds. The Morgan fingerprint density at radius 3 is 2.66 bits per heavy atom. The van der Waals surface area contributed by atoms with Crippen LogP contribution in [0, 0.1) is 5.92 Å². The monoisotopic (exact) mass is 435 g/mol. The summed E-state index contributed by atoms with van der Waals surface area (Å²) in [5.74, 6) is -0.451. The Labute approximate surface area is 182 Å². The van der Waals surface area contributed by atoms with Crippen LogP contribution in [0.3, 0.4) is 0 Å². The Bertz CT molecular complexity index is 1300. The molecule has 0 bridgehead atoms. The highest BCUT2D eigenvalue weighted by molar-refractivity contribution is 6.02. The summed E-state index contributed by atoms with van der Waals surface area (Å²) in [5, 5.41) is 7.90. The second-order valence-electron chi connectivity index (χ2n) is 7.66. The number of aromatic nitrogens is 4. The van der Waals surface area contributed by atoms with Crippen molar-refractivity contribution in [1.29, 1.82) is 0 Å². The Balaban J connectivity index is 1.67. The van der Waals surface area contributed by atoms with Gasteiger partial charge in [0.2, 0.25) is 5.91 Å². The Kier molecular flexibility index (Phi) is 5.01. The molecule has 1 fully saturated rings. The molecule has 2 heterocycles. The molecule has 1 aliphatic rings. The molecule has 4 aromatic rings. The minimum Gasteiger partial charge on any atom is -0.433 e. The predicted molar refractivity (Wildman–Crippen MR) is 115 cm³/mol. The molecule has 5 rings (SSSR count). The molecule has 0 radical (unpaired) electrons. The number of carbonyl (C=O) groups excluding carboxylic acids is 1. The van der Waals surface area contributed by atoms with Crippen LogP contribution < -0.4 is 10.1 Å². The van der Waals surface area contributed by atoms with Crippen molar-refractivity contribution in [3.8, 4) is 28.3 Å². The van der Waals surface area contributed by atoms with Gasteiger partial charge in [0, 0.05) is 41.7 Å². The molecule has 2 aromatic carbocycles. The van der Waals surface area contributed by atoms with E-state index in [1.54, 1.807) is 10.7 Å². The maximum Gasteiger partial charge on any atom is 0.387 e. The van der Waals surface area contributed by atoms with E-state index < -0.39 is 6.61 Å². The largest absolute Gasteiger partial charge is 0.433 e. The first-order chi connectivity index (χ1) is 15.5. The first-order valence-corrected chi connectivity index (χ1v) is 10.1. The van der Waals surface area contributed by atoms with E-state index >= 15 is 0 Å². The van der Waals surface area contributed by atoms with Gasteiger partial charge in [0.25, 0.3) is 0 Å². The van der Waals surface area contributed by atoms with Crippen LogP contribution in [0.5, 0.6) is 5.75 Å². The first kappa shape index (κ1) is 20.0. The average molecular weight is 435 g/mol. The van der Waals surface area contributed by atoms with E-state index in [-0.39, 0.29) is 23.3 Å². The second-order valence-corrected chi connectivity index (χ2v) is 7.66. The number of rotatable bonds is 6. The number of fused-ring (bicyclic) bond motifs is 1. The van der Waals surface area contributed by atoms with Crippen LogP contribution in [0.2, 0.25) is 0 Å². The summed E-state index contributed by atoms with van der Waals surface area (Å²) >= 11 is 0. The van der Waals surface area contributed by atoms with Gasteiger partial charge < -0.3 is 10.1 Å². The van der Waals surface area contributed by atoms with Gasteiger partial charge in [-0.25, -0.2) is 9.97 Å². The summed E-state index contributed by atoms with van der Waals surface area (Å²) in [7, 11) is 1.81. The van der Waals surface area contributed by atoms with Crippen LogP contribution in [-0.4, -0.2) is 32.3 Å². The molecule has 162 valence electrons. The zero-order valence-electron chi connectivity index (χ0n) is 17.1. The molecular formula is C23H19F2N5O2. The highest BCUT2D eigenvalue weighted by Crippen LogP contribution is 2.39. The molecule has 0 atom stereocenters. The van der Waals surface area contributed by atoms with Crippen molar-refractivity contribution in [2.45, 2.75) is 19.5 Å². The number of benzene rings is 2. The van der Waals surface area contributed by atoms with E-state index in [9.17, 15) is 13.6 Å². The molecular weight excluding hydrogens is 416 g/mol. The molecule has 0 unspecified atom stereocenters. The lowest BCUT2D eigenvalue weighted by atomic mass is 10.0. The van der Waals surface area contributed by atoms with Gasteiger partial charge in [0.05, 0.1) is 16.9 Å². The number of nitrogens with zero attached hydrogens (tertiary/aromatic N) is 4. The first-order valence-electron chi connectivity index (χ1n) is 10.1. The summed E-state index contributed by atoms with van der Waals surface area (Å²) in [5.41, 5.74) is 3.55. The average Bonchev–Trinajstić information content (AvgIpc) is 3.56. The molecule has 0 aliphatic heterocycles. The van der Waals surface area contributed by atoms with Gasteiger partial charge in [0.15, 0.2) is 5.75 Å². The zero-order chi connectivity index (χ0) is 22.2. The fraction of sp³-hybridized carbons (Fsp3) is 0.217. The maximum atomic E-state index is 13.0. The Hall–Kier alpha value is -3.88. The van der Waals surface area contributed by atoms with Gasteiger partial charge in [0.1, 0.15) is 12.0 Å². The molecule has 1 N–H and O–H groups in total. The van der Waals surface area contributed by atoms with Crippen LogP contribution in [0.1, 0.15) is 12.8 Å². The van der Waals surface area contributed by atoms with E-state index in [0.717, 1.165) is 29.7 Å². The summed E-state index contributed by atoms with van der Waals surface area (Å²) in [6.45, 7) is -3.03. The lowest BCUT2D eigenvalue weighted by Gasteiger charge is -2.14. The second kappa shape index (κ2) is 7.99. The van der Waals surface area contributed by atoms with Crippen molar-refractivity contribution in [3.63, 3.8) is 0 Å². The number of carbonyl (C=O) groups is 1. The van der Waals surface area contributed by atoms with Crippen molar-refractivity contribution in [1.82, 2.24) is 19.7 Å². The number of ether oxygens (including phenoxy) is 1. The van der Waals surface area contributed by atoms with E-state index in [1.165, 1.54) is 12.4 Å². The summed E-state index contributed by atoms with van der Waals surface area (Å²) in [6, 6.07) is 12.6. The number of aryl methyl sites for hydroxylation is 1. The van der Waals surface area contributed by atoms with Crippen LogP contribution in [0.25, 0.3) is 33.4 Å². The normalized spacial score (nSPS) is 13.5. The van der Waals surface area contributed by atoms with Crippen molar-refractivity contribution in [2.24, 2.45) is 13.0 Å². The van der Waals surface area contributed by atoms with Crippen molar-refractivity contribution in [3.05, 3.63) is 55.0 Å². The standard InChI is InChI=1S/C23H19F2N5O2/c1-30-11-16(20(29-30)13-5-3-2-4-6-13)21-15-9-18(28-22(31)14-7-8-14)19(32-23(24)25)10-17(15)26-12-27-21/h2-6,9-12,14,23H,7-8H2,1H3,(H,28,31). The molecule has 9 heteroatoms. The van der Waals surface area contributed by atoms with Crippen LogP contribution in [0.15, 0.2) is 55.0 Å². The van der Waals surface area contributed by atoms with Gasteiger partial charge in [-0.1, -0.05) is 30.3 Å². The third-order valence-corrected chi connectivity index (χ3v) is 5.29. The number of alkyl halides is 2. The highest BCUT2D eigenvalue weighted by Gasteiger charge is 2.30. The van der Waals surface area contributed by atoms with Crippen LogP contribution in [0.4, 0.5) is 14.5 Å². The summed E-state index contributed by atoms with van der Waals surface area (Å²) in [4.78, 5) is 21.1. The number of hydrogen-bond donors (Lipinski definition) is 1. The van der Waals surface area contributed by atoms with Crippen LogP contribution in [-0.2, 0) is 11.8 Å². The third-order valence-electron chi connectivity index (χ3n) is 5.29. The highest BCUT2D eigenvalue weighted by atomic mass is 19.3. The smallest absolute Gasteiger partial charge is 0.387 e. The van der Waals surface area contributed by atoms with E-state index in [2.05, 4.69) is 25.1 Å². The fourth-order valence-electron chi connectivity index (χ4n) is 3.64. The van der Waals surface area contributed by atoms with Gasteiger partial charge >= 0.3 is 6.61 Å². The van der Waals surface area contributed by atoms with E-state index in [0.29, 0.717) is 16.6 Å². The number of nitrogens with one attached hydrogen (secondary N) is 1. The van der Waals surface area contributed by atoms with Gasteiger partial charge in [-0.05, 0) is 18.9 Å². The molecule has 7 nitrogen and oxygen atoms in total. The third kappa shape index (κ3) is 3.89. The van der Waals surface area contributed by atoms with Crippen molar-refractivity contribution in [2.75, 3.05) is 5.32 Å². The maximum absolute atomic E-state index is 13.0. The lowest BCUT2D eigenvalue weighted by Crippen LogP contribution is -2.15. The SMILES string of the molecule is Cn1cc(-c2ncnc3cc(OC(F)F)c(NC(=O)C4CC4)cc23)c(-c2ccccc2)n1. The molecule has 2 aromatic heterocycles. The number of anilines is 1. The zero-order valence-corrected chi connectivity index (χ0v) is 17.1. The van der Waals surface area contributed by atoms with Crippen molar-refractivity contribution < 1.29 is 18.3 Å². The van der Waals surface area contributed by atoms with Crippen LogP contribution >= 0.6 is 0 Å². The van der Waals surface area contributed by atoms with Gasteiger partial charge in [-0.2, -0.15) is 13.9 Å². The Morgan fingerprint density at radius 1 is 1.16 bits per heavy atom. The quantitative estimate of drug-likeness (QED) is 0.477. The van der Waals surface area contributed by atoms with E-state index in [4.69, 9.17) is 0 Å². The van der Waals surface area contributed by atoms with E-state index in [1.807, 2.05) is 43.6 Å². The summed E-state index contributed by atoms with van der Waals surface area (Å²) in [6.07, 6.45) is 4.79. The van der Waals surface area contributed by atoms with Crippen molar-refractivity contribution >= 4 is 22.5 Å². The number of halogens is 2. The lowest BCUT2D eigenvalue weighted by molar-refractivity contribution is -0.117. The van der Waals surface area contributed by atoms with Gasteiger partial charge in [-0.3, -0.25) is 9.48 Å². The predicted octanol–water partition coefficient (Wildman–Crippen LogP) is 4.65. The minimum absolute atomic E-state index is 0.0976. The molecule has 0 saturated heterocycles. The topological polar surface area (TPSA) is 81.9 Å². The molecule has 1 saturated carbocycles. The Morgan fingerprint density at radius 2 is 1.94 bits per heavy atom. The molecule has 1 aliphatic carbocycles. The number of hydrogen-bond acceptors (Lipinski definition) is 5. The van der Waals surface area contributed by atoms with Gasteiger partial charge in [-0.15, -0.1) is 0 Å². The number of amides is 1. The summed E-state index contributed by atoms with van der Waals surface area (Å²) < 4.78 is 32.4. The minimum atomic E-state index is -3.03. The molecule has 0 spiro atoms. The fourth-order valence-corrected chi connectivity index (χ4v) is 3.64. The molecule has 32 heavy (non-hydrogen) atoms.